The number of benzene rings is 2. The molecule has 0 saturated carbocycles. The maximum absolute atomic E-state index is 12.7. The smallest absolute Gasteiger partial charge is 0.274 e. The van der Waals surface area contributed by atoms with E-state index in [1.807, 2.05) is 56.3 Å². The van der Waals surface area contributed by atoms with Crippen LogP contribution in [0.25, 0.3) is 5.69 Å². The van der Waals surface area contributed by atoms with Gasteiger partial charge in [-0.1, -0.05) is 23.4 Å². The molecule has 140 valence electrons. The van der Waals surface area contributed by atoms with Gasteiger partial charge in [-0.05, 0) is 68.7 Å². The molecule has 0 aliphatic rings. The first-order chi connectivity index (χ1) is 12.9. The first-order valence-corrected chi connectivity index (χ1v) is 8.85. The quantitative estimate of drug-likeness (QED) is 0.750. The van der Waals surface area contributed by atoms with Gasteiger partial charge in [0.1, 0.15) is 5.75 Å². The molecule has 3 aromatic rings. The van der Waals surface area contributed by atoms with Crippen LogP contribution in [0.2, 0.25) is 0 Å². The Bertz CT molecular complexity index is 961. The number of carbonyl (C=O) groups excluding carboxylic acids is 1. The highest BCUT2D eigenvalue weighted by molar-refractivity contribution is 5.93. The Balaban J connectivity index is 1.78. The summed E-state index contributed by atoms with van der Waals surface area (Å²) in [4.78, 5) is 12.7. The average molecular weight is 364 g/mol. The predicted molar refractivity (Wildman–Crippen MR) is 104 cm³/mol. The van der Waals surface area contributed by atoms with Gasteiger partial charge in [0, 0.05) is 0 Å². The lowest BCUT2D eigenvalue weighted by molar-refractivity contribution is 0.0934. The van der Waals surface area contributed by atoms with E-state index in [9.17, 15) is 4.79 Å². The van der Waals surface area contributed by atoms with Crippen molar-refractivity contribution >= 4 is 5.91 Å². The van der Waals surface area contributed by atoms with Crippen LogP contribution in [0.4, 0.5) is 0 Å². The van der Waals surface area contributed by atoms with Crippen molar-refractivity contribution in [3.63, 3.8) is 0 Å². The average Bonchev–Trinajstić information content (AvgIpc) is 3.05. The number of carbonyl (C=O) groups is 1. The van der Waals surface area contributed by atoms with Crippen molar-refractivity contribution in [3.05, 3.63) is 70.5 Å². The molecule has 1 aromatic heterocycles. The van der Waals surface area contributed by atoms with Crippen LogP contribution in [0.5, 0.6) is 5.75 Å². The highest BCUT2D eigenvalue weighted by Gasteiger charge is 2.19. The van der Waals surface area contributed by atoms with Gasteiger partial charge in [0.2, 0.25) is 0 Å². The first kappa shape index (κ1) is 18.6. The van der Waals surface area contributed by atoms with Crippen LogP contribution in [0.3, 0.4) is 0 Å². The molecule has 0 unspecified atom stereocenters. The van der Waals surface area contributed by atoms with E-state index in [1.54, 1.807) is 11.8 Å². The number of nitrogens with one attached hydrogen (secondary N) is 1. The maximum Gasteiger partial charge on any atom is 0.274 e. The molecule has 3 rings (SSSR count). The van der Waals surface area contributed by atoms with Crippen molar-refractivity contribution in [2.75, 3.05) is 7.11 Å². The minimum atomic E-state index is -0.245. The van der Waals surface area contributed by atoms with Gasteiger partial charge in [0.25, 0.3) is 5.91 Å². The molecule has 1 atom stereocenters. The molecule has 1 heterocycles. The van der Waals surface area contributed by atoms with Crippen LogP contribution in [0, 0.1) is 20.8 Å². The summed E-state index contributed by atoms with van der Waals surface area (Å²) in [6, 6.07) is 13.5. The van der Waals surface area contributed by atoms with Gasteiger partial charge in [0.15, 0.2) is 5.69 Å². The third kappa shape index (κ3) is 3.84. The lowest BCUT2D eigenvalue weighted by atomic mass is 10.1. The number of hydrogen-bond donors (Lipinski definition) is 1. The summed E-state index contributed by atoms with van der Waals surface area (Å²) in [6.45, 7) is 7.90. The fraction of sp³-hybridized carbons (Fsp3) is 0.286. The van der Waals surface area contributed by atoms with Gasteiger partial charge in [-0.15, -0.1) is 5.10 Å². The Morgan fingerprint density at radius 1 is 1.07 bits per heavy atom. The van der Waals surface area contributed by atoms with Gasteiger partial charge < -0.3 is 10.1 Å². The molecule has 0 bridgehead atoms. The Hall–Kier alpha value is -3.15. The normalized spacial score (nSPS) is 11.9. The van der Waals surface area contributed by atoms with E-state index in [1.165, 1.54) is 11.1 Å². The van der Waals surface area contributed by atoms with Gasteiger partial charge in [-0.25, -0.2) is 4.68 Å². The number of methoxy groups -OCH3 is 1. The zero-order valence-corrected chi connectivity index (χ0v) is 16.3. The second-order valence-electron chi connectivity index (χ2n) is 6.67. The van der Waals surface area contributed by atoms with Gasteiger partial charge >= 0.3 is 0 Å². The van der Waals surface area contributed by atoms with Crippen LogP contribution in [-0.2, 0) is 0 Å². The molecule has 0 radical (unpaired) electrons. The SMILES string of the molecule is COc1ccc([C@@H](C)NC(=O)c2nnn(-c3ccc(C)c(C)c3)c2C)cc1. The fourth-order valence-corrected chi connectivity index (χ4v) is 2.88. The fourth-order valence-electron chi connectivity index (χ4n) is 2.88. The standard InChI is InChI=1S/C21H24N4O2/c1-13-6-9-18(12-14(13)2)25-16(4)20(23-24-25)21(26)22-15(3)17-7-10-19(27-5)11-8-17/h6-12,15H,1-5H3,(H,22,26)/t15-/m1/s1. The molecule has 0 spiro atoms. The number of amides is 1. The van der Waals surface area contributed by atoms with Crippen molar-refractivity contribution < 1.29 is 9.53 Å². The largest absolute Gasteiger partial charge is 0.497 e. The molecular weight excluding hydrogens is 340 g/mol. The molecule has 27 heavy (non-hydrogen) atoms. The first-order valence-electron chi connectivity index (χ1n) is 8.85. The summed E-state index contributed by atoms with van der Waals surface area (Å²) in [7, 11) is 1.63. The van der Waals surface area contributed by atoms with Crippen molar-refractivity contribution in [1.29, 1.82) is 0 Å². The van der Waals surface area contributed by atoms with Crippen LogP contribution >= 0.6 is 0 Å². The summed E-state index contributed by atoms with van der Waals surface area (Å²) in [5.41, 5.74) is 5.30. The molecule has 2 aromatic carbocycles. The minimum absolute atomic E-state index is 0.158. The molecular formula is C21H24N4O2. The summed E-state index contributed by atoms with van der Waals surface area (Å²) in [5, 5.41) is 11.2. The number of rotatable bonds is 5. The lowest BCUT2D eigenvalue weighted by Crippen LogP contribution is -2.27. The molecule has 6 nitrogen and oxygen atoms in total. The number of nitrogens with zero attached hydrogens (tertiary/aromatic N) is 3. The third-order valence-electron chi connectivity index (χ3n) is 4.81. The predicted octanol–water partition coefficient (Wildman–Crippen LogP) is 3.69. The van der Waals surface area contributed by atoms with Crippen LogP contribution in [0.1, 0.15) is 45.8 Å². The number of hydrogen-bond acceptors (Lipinski definition) is 4. The van der Waals surface area contributed by atoms with Crippen LogP contribution < -0.4 is 10.1 Å². The molecule has 6 heteroatoms. The van der Waals surface area contributed by atoms with E-state index in [4.69, 9.17) is 4.74 Å². The molecule has 0 fully saturated rings. The minimum Gasteiger partial charge on any atom is -0.497 e. The van der Waals surface area contributed by atoms with E-state index < -0.39 is 0 Å². The van der Waals surface area contributed by atoms with Gasteiger partial charge in [0.05, 0.1) is 24.5 Å². The Morgan fingerprint density at radius 2 is 1.78 bits per heavy atom. The van der Waals surface area contributed by atoms with Gasteiger partial charge in [-0.3, -0.25) is 4.79 Å². The molecule has 0 saturated heterocycles. The second-order valence-corrected chi connectivity index (χ2v) is 6.67. The van der Waals surface area contributed by atoms with E-state index in [-0.39, 0.29) is 11.9 Å². The van der Waals surface area contributed by atoms with E-state index >= 15 is 0 Å². The number of aryl methyl sites for hydroxylation is 2. The molecule has 1 N–H and O–H groups in total. The van der Waals surface area contributed by atoms with Crippen LogP contribution in [0.15, 0.2) is 42.5 Å². The Labute approximate surface area is 159 Å². The third-order valence-corrected chi connectivity index (χ3v) is 4.81. The second kappa shape index (κ2) is 7.61. The van der Waals surface area contributed by atoms with E-state index in [2.05, 4.69) is 29.5 Å². The topological polar surface area (TPSA) is 69.0 Å². The molecule has 0 aliphatic carbocycles. The maximum atomic E-state index is 12.7. The zero-order valence-electron chi connectivity index (χ0n) is 16.3. The summed E-state index contributed by atoms with van der Waals surface area (Å²) in [6.07, 6.45) is 0. The van der Waals surface area contributed by atoms with Crippen molar-refractivity contribution in [2.45, 2.75) is 33.7 Å². The molecule has 1 amide bonds. The summed E-state index contributed by atoms with van der Waals surface area (Å²) >= 11 is 0. The zero-order chi connectivity index (χ0) is 19.6. The highest BCUT2D eigenvalue weighted by Crippen LogP contribution is 2.19. The summed E-state index contributed by atoms with van der Waals surface area (Å²) < 4.78 is 6.86. The van der Waals surface area contributed by atoms with Gasteiger partial charge in [-0.2, -0.15) is 0 Å². The van der Waals surface area contributed by atoms with Crippen molar-refractivity contribution in [2.24, 2.45) is 0 Å². The van der Waals surface area contributed by atoms with Crippen molar-refractivity contribution in [3.8, 4) is 11.4 Å². The van der Waals surface area contributed by atoms with Crippen LogP contribution in [-0.4, -0.2) is 28.0 Å². The molecule has 0 aliphatic heterocycles. The summed E-state index contributed by atoms with van der Waals surface area (Å²) in [5.74, 6) is 0.537. The Kier molecular flexibility index (Phi) is 5.26. The van der Waals surface area contributed by atoms with E-state index in [0.29, 0.717) is 11.4 Å². The van der Waals surface area contributed by atoms with E-state index in [0.717, 1.165) is 17.0 Å². The number of ether oxygens (including phenoxy) is 1. The highest BCUT2D eigenvalue weighted by atomic mass is 16.5. The number of aromatic nitrogens is 3. The lowest BCUT2D eigenvalue weighted by Gasteiger charge is -2.14. The Morgan fingerprint density at radius 3 is 2.41 bits per heavy atom. The van der Waals surface area contributed by atoms with Crippen molar-refractivity contribution in [1.82, 2.24) is 20.3 Å². The monoisotopic (exact) mass is 364 g/mol.